The van der Waals surface area contributed by atoms with E-state index in [4.69, 9.17) is 4.74 Å². The van der Waals surface area contributed by atoms with E-state index in [1.54, 1.807) is 0 Å². The van der Waals surface area contributed by atoms with Crippen LogP contribution in [0.15, 0.2) is 120 Å². The smallest absolute Gasteiger partial charge is 0.224 e. The minimum Gasteiger partial charge on any atom is -0.489 e. The van der Waals surface area contributed by atoms with Crippen molar-refractivity contribution in [2.45, 2.75) is 36.9 Å². The molecule has 1 heterocycles. The van der Waals surface area contributed by atoms with E-state index in [1.165, 1.54) is 16.0 Å². The highest BCUT2D eigenvalue weighted by Gasteiger charge is 2.27. The van der Waals surface area contributed by atoms with E-state index in [1.807, 2.05) is 54.2 Å². The van der Waals surface area contributed by atoms with E-state index in [9.17, 15) is 4.79 Å². The van der Waals surface area contributed by atoms with Crippen molar-refractivity contribution in [1.82, 2.24) is 9.80 Å². The Bertz CT molecular complexity index is 1280. The van der Waals surface area contributed by atoms with Crippen LogP contribution in [0.1, 0.15) is 23.1 Å². The average Bonchev–Trinajstić information content (AvgIpc) is 3.17. The van der Waals surface area contributed by atoms with Crippen LogP contribution in [-0.4, -0.2) is 47.1 Å². The van der Waals surface area contributed by atoms with Crippen LogP contribution in [0.5, 0.6) is 5.75 Å². The number of ether oxygens (including phenoxy) is 1. The molecule has 200 valence electrons. The molecule has 0 spiro atoms. The molecule has 1 fully saturated rings. The Morgan fingerprint density at radius 1 is 0.692 bits per heavy atom. The van der Waals surface area contributed by atoms with Crippen molar-refractivity contribution in [3.05, 3.63) is 132 Å². The highest BCUT2D eigenvalue weighted by Crippen LogP contribution is 2.24. The standard InChI is InChI=1S/C34H36N2O2S/c37-34-20-21-35(25-29-10-4-1-5-11-29)22-23-36(34)31(27-39-33-14-8-3-9-15-33)24-28-16-18-32(19-17-28)38-26-30-12-6-2-7-13-30/h1-19,31H,20-27H2/t31-/m0/s1. The van der Waals surface area contributed by atoms with Gasteiger partial charge in [-0.3, -0.25) is 9.69 Å². The lowest BCUT2D eigenvalue weighted by Crippen LogP contribution is -2.44. The lowest BCUT2D eigenvalue weighted by atomic mass is 10.1. The molecule has 1 aliphatic rings. The number of rotatable bonds is 11. The summed E-state index contributed by atoms with van der Waals surface area (Å²) >= 11 is 1.83. The molecule has 5 heteroatoms. The van der Waals surface area contributed by atoms with Crippen LogP contribution in [-0.2, 0) is 24.4 Å². The predicted molar refractivity (Wildman–Crippen MR) is 160 cm³/mol. The molecule has 4 aromatic carbocycles. The van der Waals surface area contributed by atoms with E-state index in [-0.39, 0.29) is 11.9 Å². The third kappa shape index (κ3) is 8.22. The van der Waals surface area contributed by atoms with Gasteiger partial charge < -0.3 is 9.64 Å². The summed E-state index contributed by atoms with van der Waals surface area (Å²) in [6.45, 7) is 3.88. The van der Waals surface area contributed by atoms with Gasteiger partial charge in [-0.25, -0.2) is 0 Å². The molecule has 1 atom stereocenters. The summed E-state index contributed by atoms with van der Waals surface area (Å²) in [6.07, 6.45) is 1.38. The third-order valence-corrected chi connectivity index (χ3v) is 8.29. The Hall–Kier alpha value is -3.54. The molecule has 0 aliphatic carbocycles. The van der Waals surface area contributed by atoms with Gasteiger partial charge >= 0.3 is 0 Å². The number of hydrogen-bond acceptors (Lipinski definition) is 4. The maximum absolute atomic E-state index is 13.4. The van der Waals surface area contributed by atoms with Crippen molar-refractivity contribution in [1.29, 1.82) is 0 Å². The highest BCUT2D eigenvalue weighted by atomic mass is 32.2. The molecule has 1 amide bonds. The molecule has 0 aromatic heterocycles. The van der Waals surface area contributed by atoms with Crippen LogP contribution in [0.4, 0.5) is 0 Å². The molecular formula is C34H36N2O2S. The zero-order valence-electron chi connectivity index (χ0n) is 22.3. The number of benzene rings is 4. The number of amides is 1. The minimum absolute atomic E-state index is 0.121. The van der Waals surface area contributed by atoms with Crippen LogP contribution in [0.2, 0.25) is 0 Å². The van der Waals surface area contributed by atoms with Crippen molar-refractivity contribution in [3.63, 3.8) is 0 Å². The zero-order valence-corrected chi connectivity index (χ0v) is 23.1. The lowest BCUT2D eigenvalue weighted by Gasteiger charge is -2.31. The van der Waals surface area contributed by atoms with Crippen LogP contribution in [0, 0.1) is 0 Å². The largest absolute Gasteiger partial charge is 0.489 e. The molecule has 4 aromatic rings. The van der Waals surface area contributed by atoms with E-state index < -0.39 is 0 Å². The van der Waals surface area contributed by atoms with Crippen molar-refractivity contribution in [2.24, 2.45) is 0 Å². The predicted octanol–water partition coefficient (Wildman–Crippen LogP) is 6.70. The van der Waals surface area contributed by atoms with Crippen molar-refractivity contribution >= 4 is 17.7 Å². The summed E-state index contributed by atoms with van der Waals surface area (Å²) in [5, 5.41) is 0. The summed E-state index contributed by atoms with van der Waals surface area (Å²) in [6, 6.07) is 39.7. The summed E-state index contributed by atoms with van der Waals surface area (Å²) in [5.74, 6) is 1.98. The first-order chi connectivity index (χ1) is 19.2. The Labute approximate surface area is 236 Å². The number of hydrogen-bond donors (Lipinski definition) is 0. The molecule has 0 radical (unpaired) electrons. The first-order valence-corrected chi connectivity index (χ1v) is 14.7. The summed E-state index contributed by atoms with van der Waals surface area (Å²) in [5.41, 5.74) is 3.67. The third-order valence-electron chi connectivity index (χ3n) is 7.14. The van der Waals surface area contributed by atoms with Crippen LogP contribution >= 0.6 is 11.8 Å². The normalized spacial score (nSPS) is 15.1. The van der Waals surface area contributed by atoms with Gasteiger partial charge in [-0.15, -0.1) is 11.8 Å². The molecule has 0 unspecified atom stereocenters. The molecule has 1 saturated heterocycles. The average molecular weight is 537 g/mol. The van der Waals surface area contributed by atoms with Gasteiger partial charge in [0.05, 0.1) is 0 Å². The maximum Gasteiger partial charge on any atom is 0.224 e. The van der Waals surface area contributed by atoms with Crippen LogP contribution in [0.25, 0.3) is 0 Å². The Balaban J connectivity index is 1.25. The summed E-state index contributed by atoms with van der Waals surface area (Å²) in [4.78, 5) is 19.2. The zero-order chi connectivity index (χ0) is 26.7. The van der Waals surface area contributed by atoms with Crippen molar-refractivity contribution in [3.8, 4) is 5.75 Å². The number of carbonyl (C=O) groups is 1. The maximum atomic E-state index is 13.4. The van der Waals surface area contributed by atoms with Gasteiger partial charge in [-0.1, -0.05) is 91.0 Å². The minimum atomic E-state index is 0.121. The fraction of sp³-hybridized carbons (Fsp3) is 0.265. The molecule has 4 nitrogen and oxygen atoms in total. The van der Waals surface area contributed by atoms with Gasteiger partial charge in [0.25, 0.3) is 0 Å². The summed E-state index contributed by atoms with van der Waals surface area (Å²) in [7, 11) is 0. The van der Waals surface area contributed by atoms with Gasteiger partial charge in [-0.05, 0) is 47.4 Å². The fourth-order valence-electron chi connectivity index (χ4n) is 4.97. The monoisotopic (exact) mass is 536 g/mol. The molecule has 39 heavy (non-hydrogen) atoms. The van der Waals surface area contributed by atoms with Gasteiger partial charge in [0.2, 0.25) is 5.91 Å². The second kappa shape index (κ2) is 14.0. The van der Waals surface area contributed by atoms with Crippen LogP contribution in [0.3, 0.4) is 0 Å². The second-order valence-corrected chi connectivity index (χ2v) is 11.1. The molecule has 0 N–H and O–H groups in total. The number of carbonyl (C=O) groups excluding carboxylic acids is 1. The molecule has 0 bridgehead atoms. The molecule has 1 aliphatic heterocycles. The topological polar surface area (TPSA) is 32.8 Å². The van der Waals surface area contributed by atoms with Gasteiger partial charge in [0.15, 0.2) is 0 Å². The quantitative estimate of drug-likeness (QED) is 0.200. The number of thioether (sulfide) groups is 1. The second-order valence-electron chi connectivity index (χ2n) is 10.00. The Kier molecular flexibility index (Phi) is 9.72. The summed E-state index contributed by atoms with van der Waals surface area (Å²) < 4.78 is 5.99. The SMILES string of the molecule is O=C1CCN(Cc2ccccc2)CCN1[C@H](CSc1ccccc1)Cc1ccc(OCc2ccccc2)cc1. The van der Waals surface area contributed by atoms with E-state index in [0.717, 1.165) is 49.7 Å². The first-order valence-electron chi connectivity index (χ1n) is 13.7. The first kappa shape index (κ1) is 27.0. The lowest BCUT2D eigenvalue weighted by molar-refractivity contribution is -0.132. The van der Waals surface area contributed by atoms with E-state index >= 15 is 0 Å². The van der Waals surface area contributed by atoms with E-state index in [2.05, 4.69) is 82.6 Å². The van der Waals surface area contributed by atoms with E-state index in [0.29, 0.717) is 13.0 Å². The van der Waals surface area contributed by atoms with Gasteiger partial charge in [0, 0.05) is 49.3 Å². The van der Waals surface area contributed by atoms with Gasteiger partial charge in [0.1, 0.15) is 12.4 Å². The van der Waals surface area contributed by atoms with Crippen LogP contribution < -0.4 is 4.74 Å². The number of nitrogens with zero attached hydrogens (tertiary/aromatic N) is 2. The Morgan fingerprint density at radius 3 is 2.03 bits per heavy atom. The highest BCUT2D eigenvalue weighted by molar-refractivity contribution is 7.99. The molecule has 0 saturated carbocycles. The Morgan fingerprint density at radius 2 is 1.33 bits per heavy atom. The van der Waals surface area contributed by atoms with Gasteiger partial charge in [-0.2, -0.15) is 0 Å². The fourth-order valence-corrected chi connectivity index (χ4v) is 6.00. The molecular weight excluding hydrogens is 500 g/mol. The van der Waals surface area contributed by atoms with Crippen molar-refractivity contribution in [2.75, 3.05) is 25.4 Å². The van der Waals surface area contributed by atoms with Crippen molar-refractivity contribution < 1.29 is 9.53 Å². The molecule has 5 rings (SSSR count).